The Labute approximate surface area is 138 Å². The second kappa shape index (κ2) is 6.95. The van der Waals surface area contributed by atoms with Crippen molar-refractivity contribution in [3.63, 3.8) is 0 Å². The highest BCUT2D eigenvalue weighted by Gasteiger charge is 2.17. The van der Waals surface area contributed by atoms with Gasteiger partial charge in [0.1, 0.15) is 0 Å². The van der Waals surface area contributed by atoms with E-state index in [9.17, 15) is 0 Å². The van der Waals surface area contributed by atoms with Crippen LogP contribution in [0.3, 0.4) is 0 Å². The van der Waals surface area contributed by atoms with Crippen molar-refractivity contribution in [2.24, 2.45) is 0 Å². The summed E-state index contributed by atoms with van der Waals surface area (Å²) in [4.78, 5) is 0. The first kappa shape index (κ1) is 15.8. The van der Waals surface area contributed by atoms with E-state index in [2.05, 4.69) is 53.3 Å². The third-order valence-corrected chi connectivity index (χ3v) is 4.64. The fourth-order valence-electron chi connectivity index (χ4n) is 2.14. The average Bonchev–Trinajstić information content (AvgIpc) is 2.42. The Morgan fingerprint density at radius 3 is 2.55 bits per heavy atom. The van der Waals surface area contributed by atoms with E-state index < -0.39 is 0 Å². The van der Waals surface area contributed by atoms with Crippen molar-refractivity contribution in [1.82, 2.24) is 5.32 Å². The summed E-state index contributed by atoms with van der Waals surface area (Å²) in [5.41, 5.74) is 3.37. The molecule has 0 spiro atoms. The first-order chi connectivity index (χ1) is 9.52. The smallest absolute Gasteiger partial charge is 0.0592 e. The zero-order valence-corrected chi connectivity index (χ0v) is 14.5. The fourth-order valence-corrected chi connectivity index (χ4v) is 2.94. The van der Waals surface area contributed by atoms with E-state index in [4.69, 9.17) is 23.2 Å². The molecule has 0 aromatic heterocycles. The number of benzene rings is 2. The third-order valence-electron chi connectivity index (χ3n) is 3.21. The number of halogens is 3. The predicted molar refractivity (Wildman–Crippen MR) is 90.9 cm³/mol. The average molecular weight is 373 g/mol. The van der Waals surface area contributed by atoms with Crippen molar-refractivity contribution in [3.05, 3.63) is 67.6 Å². The number of aryl methyl sites for hydroxylation is 1. The van der Waals surface area contributed by atoms with Gasteiger partial charge in [0.2, 0.25) is 0 Å². The summed E-state index contributed by atoms with van der Waals surface area (Å²) in [7, 11) is 0. The predicted octanol–water partition coefficient (Wildman–Crippen LogP) is 5.76. The van der Waals surface area contributed by atoms with Crippen LogP contribution in [0, 0.1) is 6.92 Å². The van der Waals surface area contributed by atoms with Crippen molar-refractivity contribution >= 4 is 39.1 Å². The van der Waals surface area contributed by atoms with Crippen LogP contribution in [0.5, 0.6) is 0 Å². The van der Waals surface area contributed by atoms with Gasteiger partial charge in [-0.1, -0.05) is 58.2 Å². The monoisotopic (exact) mass is 371 g/mol. The molecule has 0 saturated heterocycles. The quantitative estimate of drug-likeness (QED) is 0.718. The molecular weight excluding hydrogens is 357 g/mol. The number of hydrogen-bond donors (Lipinski definition) is 1. The van der Waals surface area contributed by atoms with Gasteiger partial charge in [-0.2, -0.15) is 0 Å². The van der Waals surface area contributed by atoms with Gasteiger partial charge in [0.15, 0.2) is 0 Å². The molecule has 2 rings (SSSR count). The van der Waals surface area contributed by atoms with Crippen LogP contribution in [0.4, 0.5) is 0 Å². The van der Waals surface area contributed by atoms with Gasteiger partial charge in [0.25, 0.3) is 0 Å². The minimum absolute atomic E-state index is 0.0306. The molecule has 1 atom stereocenters. The topological polar surface area (TPSA) is 12.0 Å². The molecule has 1 unspecified atom stereocenters. The highest BCUT2D eigenvalue weighted by Crippen LogP contribution is 2.32. The molecule has 0 bridgehead atoms. The van der Waals surface area contributed by atoms with Crippen molar-refractivity contribution in [1.29, 1.82) is 0 Å². The van der Waals surface area contributed by atoms with E-state index in [0.29, 0.717) is 5.02 Å². The van der Waals surface area contributed by atoms with Gasteiger partial charge in [-0.25, -0.2) is 0 Å². The van der Waals surface area contributed by atoms with Crippen LogP contribution in [0.15, 0.2) is 40.9 Å². The zero-order chi connectivity index (χ0) is 14.7. The van der Waals surface area contributed by atoms with Gasteiger partial charge in [0, 0.05) is 14.5 Å². The summed E-state index contributed by atoms with van der Waals surface area (Å²) in [6, 6.07) is 11.9. The highest BCUT2D eigenvalue weighted by molar-refractivity contribution is 9.10. The molecule has 1 nitrogen and oxygen atoms in total. The minimum atomic E-state index is 0.0306. The van der Waals surface area contributed by atoms with Gasteiger partial charge >= 0.3 is 0 Å². The SMILES string of the molecule is CCNC(c1ccc(C)c(Br)c1)c1cc(Cl)ccc1Cl. The van der Waals surface area contributed by atoms with Crippen LogP contribution >= 0.6 is 39.1 Å². The molecule has 20 heavy (non-hydrogen) atoms. The van der Waals surface area contributed by atoms with Crippen LogP contribution in [0.25, 0.3) is 0 Å². The second-order valence-electron chi connectivity index (χ2n) is 4.67. The zero-order valence-electron chi connectivity index (χ0n) is 11.4. The van der Waals surface area contributed by atoms with Gasteiger partial charge in [-0.15, -0.1) is 0 Å². The molecule has 0 fully saturated rings. The largest absolute Gasteiger partial charge is 0.306 e. The molecular formula is C16H16BrCl2N. The maximum absolute atomic E-state index is 6.34. The first-order valence-corrected chi connectivity index (χ1v) is 8.02. The molecule has 0 amide bonds. The third kappa shape index (κ3) is 3.56. The standard InChI is InChI=1S/C16H16BrCl2N/c1-3-20-16(11-5-4-10(2)14(17)8-11)13-9-12(18)6-7-15(13)19/h4-9,16,20H,3H2,1-2H3. The molecule has 4 heteroatoms. The summed E-state index contributed by atoms with van der Waals surface area (Å²) >= 11 is 16.0. The van der Waals surface area contributed by atoms with Crippen LogP contribution in [-0.2, 0) is 0 Å². The van der Waals surface area contributed by atoms with E-state index in [1.54, 1.807) is 6.07 Å². The molecule has 0 aliphatic heterocycles. The Morgan fingerprint density at radius 2 is 1.90 bits per heavy atom. The van der Waals surface area contributed by atoms with E-state index >= 15 is 0 Å². The van der Waals surface area contributed by atoms with Gasteiger partial charge in [-0.3, -0.25) is 0 Å². The summed E-state index contributed by atoms with van der Waals surface area (Å²) in [5.74, 6) is 0. The maximum atomic E-state index is 6.34. The van der Waals surface area contributed by atoms with Crippen molar-refractivity contribution in [3.8, 4) is 0 Å². The number of rotatable bonds is 4. The van der Waals surface area contributed by atoms with E-state index in [0.717, 1.165) is 27.2 Å². The molecule has 106 valence electrons. The number of nitrogens with one attached hydrogen (secondary N) is 1. The fraction of sp³-hybridized carbons (Fsp3) is 0.250. The van der Waals surface area contributed by atoms with Crippen molar-refractivity contribution in [2.45, 2.75) is 19.9 Å². The highest BCUT2D eigenvalue weighted by atomic mass is 79.9. The Morgan fingerprint density at radius 1 is 1.15 bits per heavy atom. The lowest BCUT2D eigenvalue weighted by Crippen LogP contribution is -2.22. The molecule has 0 aliphatic carbocycles. The van der Waals surface area contributed by atoms with Crippen molar-refractivity contribution < 1.29 is 0 Å². The minimum Gasteiger partial charge on any atom is -0.306 e. The number of hydrogen-bond acceptors (Lipinski definition) is 1. The lowest BCUT2D eigenvalue weighted by molar-refractivity contribution is 0.630. The van der Waals surface area contributed by atoms with E-state index in [1.165, 1.54) is 5.56 Å². The maximum Gasteiger partial charge on any atom is 0.0592 e. The lowest BCUT2D eigenvalue weighted by Gasteiger charge is -2.21. The van der Waals surface area contributed by atoms with E-state index in [1.807, 2.05) is 12.1 Å². The molecule has 0 radical (unpaired) electrons. The van der Waals surface area contributed by atoms with Gasteiger partial charge in [-0.05, 0) is 54.4 Å². The molecule has 0 aliphatic rings. The normalized spacial score (nSPS) is 12.4. The molecule has 2 aromatic carbocycles. The van der Waals surface area contributed by atoms with Gasteiger partial charge < -0.3 is 5.32 Å². The molecule has 1 N–H and O–H groups in total. The summed E-state index contributed by atoms with van der Waals surface area (Å²) in [5, 5.41) is 4.88. The summed E-state index contributed by atoms with van der Waals surface area (Å²) in [6.45, 7) is 5.00. The Balaban J connectivity index is 2.49. The Hall–Kier alpha value is -0.540. The van der Waals surface area contributed by atoms with Crippen LogP contribution < -0.4 is 5.32 Å². The second-order valence-corrected chi connectivity index (χ2v) is 6.36. The van der Waals surface area contributed by atoms with E-state index in [-0.39, 0.29) is 6.04 Å². The first-order valence-electron chi connectivity index (χ1n) is 6.47. The molecule has 0 heterocycles. The van der Waals surface area contributed by atoms with Crippen molar-refractivity contribution in [2.75, 3.05) is 6.54 Å². The summed E-state index contributed by atoms with van der Waals surface area (Å²) in [6.07, 6.45) is 0. The van der Waals surface area contributed by atoms with Crippen LogP contribution in [0.1, 0.15) is 29.7 Å². The van der Waals surface area contributed by atoms with Crippen LogP contribution in [0.2, 0.25) is 10.0 Å². The molecule has 2 aromatic rings. The Bertz CT molecular complexity index is 613. The lowest BCUT2D eigenvalue weighted by atomic mass is 9.97. The Kier molecular flexibility index (Phi) is 5.50. The van der Waals surface area contributed by atoms with Crippen LogP contribution in [-0.4, -0.2) is 6.54 Å². The van der Waals surface area contributed by atoms with Gasteiger partial charge in [0.05, 0.1) is 6.04 Å². The molecule has 0 saturated carbocycles. The summed E-state index contributed by atoms with van der Waals surface area (Å²) < 4.78 is 1.09.